The molecule has 0 aromatic heterocycles. The summed E-state index contributed by atoms with van der Waals surface area (Å²) in [4.78, 5) is 11.1. The van der Waals surface area contributed by atoms with Crippen LogP contribution in [0.25, 0.3) is 0 Å². The number of hydrogen-bond donors (Lipinski definition) is 2. The van der Waals surface area contributed by atoms with Crippen LogP contribution in [0.4, 0.5) is 18.0 Å². The highest BCUT2D eigenvalue weighted by atomic mass is 19.4. The second-order valence-corrected chi connectivity index (χ2v) is 3.44. The van der Waals surface area contributed by atoms with Crippen molar-refractivity contribution < 1.29 is 18.0 Å². The van der Waals surface area contributed by atoms with E-state index in [1.807, 2.05) is 0 Å². The molecular weight excluding hydrogens is 245 g/mol. The number of carbonyl (C=O) groups is 1. The van der Waals surface area contributed by atoms with Gasteiger partial charge in [0, 0.05) is 6.54 Å². The summed E-state index contributed by atoms with van der Waals surface area (Å²) in [5.74, 6) is 2.21. The van der Waals surface area contributed by atoms with Gasteiger partial charge in [-0.1, -0.05) is 18.1 Å². The lowest BCUT2D eigenvalue weighted by Gasteiger charge is -2.09. The zero-order chi connectivity index (χ0) is 13.6. The lowest BCUT2D eigenvalue weighted by molar-refractivity contribution is -0.137. The lowest BCUT2D eigenvalue weighted by Crippen LogP contribution is -2.35. The van der Waals surface area contributed by atoms with Gasteiger partial charge in [0.2, 0.25) is 0 Å². The van der Waals surface area contributed by atoms with E-state index in [0.717, 1.165) is 12.1 Å². The molecule has 1 aromatic carbocycles. The molecule has 0 bridgehead atoms. The smallest absolute Gasteiger partial charge is 0.334 e. The predicted octanol–water partition coefficient (Wildman–Crippen LogP) is 2.14. The maximum Gasteiger partial charge on any atom is 0.416 e. The number of carbonyl (C=O) groups excluding carboxylic acids is 1. The van der Waals surface area contributed by atoms with Crippen molar-refractivity contribution in [2.45, 2.75) is 12.7 Å². The number of urea groups is 1. The predicted molar refractivity (Wildman–Crippen MR) is 60.5 cm³/mol. The fourth-order valence-corrected chi connectivity index (χ4v) is 1.23. The van der Waals surface area contributed by atoms with Crippen molar-refractivity contribution in [1.82, 2.24) is 10.6 Å². The van der Waals surface area contributed by atoms with Crippen molar-refractivity contribution in [2.24, 2.45) is 0 Å². The topological polar surface area (TPSA) is 41.1 Å². The molecule has 0 aliphatic rings. The van der Waals surface area contributed by atoms with Gasteiger partial charge < -0.3 is 10.6 Å². The van der Waals surface area contributed by atoms with Gasteiger partial charge in [-0.05, 0) is 17.7 Å². The Balaban J connectivity index is 2.58. The van der Waals surface area contributed by atoms with Crippen LogP contribution in [0.5, 0.6) is 0 Å². The molecule has 0 radical (unpaired) electrons. The van der Waals surface area contributed by atoms with E-state index in [0.29, 0.717) is 5.56 Å². The van der Waals surface area contributed by atoms with Crippen molar-refractivity contribution in [3.8, 4) is 12.3 Å². The van der Waals surface area contributed by atoms with Gasteiger partial charge in [0.15, 0.2) is 0 Å². The summed E-state index contributed by atoms with van der Waals surface area (Å²) < 4.78 is 37.2. The van der Waals surface area contributed by atoms with Crippen molar-refractivity contribution in [1.29, 1.82) is 0 Å². The summed E-state index contributed by atoms with van der Waals surface area (Å²) in [6, 6.07) is 4.23. The number of terminal acetylenes is 1. The normalized spacial score (nSPS) is 10.6. The molecule has 0 saturated heterocycles. The zero-order valence-corrected chi connectivity index (χ0v) is 9.34. The van der Waals surface area contributed by atoms with Gasteiger partial charge in [0.1, 0.15) is 0 Å². The summed E-state index contributed by atoms with van der Waals surface area (Å²) in [5, 5.41) is 4.74. The van der Waals surface area contributed by atoms with E-state index in [2.05, 4.69) is 16.6 Å². The summed E-state index contributed by atoms with van der Waals surface area (Å²) in [7, 11) is 0. The van der Waals surface area contributed by atoms with Gasteiger partial charge in [-0.15, -0.1) is 6.42 Å². The van der Waals surface area contributed by atoms with E-state index < -0.39 is 17.8 Å². The monoisotopic (exact) mass is 256 g/mol. The van der Waals surface area contributed by atoms with Crippen molar-refractivity contribution >= 4 is 6.03 Å². The van der Waals surface area contributed by atoms with Crippen molar-refractivity contribution in [2.75, 3.05) is 6.54 Å². The molecule has 0 aliphatic heterocycles. The van der Waals surface area contributed by atoms with E-state index in [-0.39, 0.29) is 13.1 Å². The molecule has 1 rings (SSSR count). The van der Waals surface area contributed by atoms with Gasteiger partial charge in [0.25, 0.3) is 0 Å². The van der Waals surface area contributed by atoms with Crippen LogP contribution in [0.2, 0.25) is 0 Å². The van der Waals surface area contributed by atoms with Crippen LogP contribution in [-0.2, 0) is 12.7 Å². The maximum atomic E-state index is 12.4. The van der Waals surface area contributed by atoms with Crippen LogP contribution in [0.15, 0.2) is 24.3 Å². The van der Waals surface area contributed by atoms with E-state index in [1.54, 1.807) is 0 Å². The average molecular weight is 256 g/mol. The minimum Gasteiger partial charge on any atom is -0.334 e. The molecule has 0 spiro atoms. The first-order valence-electron chi connectivity index (χ1n) is 5.05. The maximum absolute atomic E-state index is 12.4. The molecule has 0 aliphatic carbocycles. The number of rotatable bonds is 3. The molecule has 3 nitrogen and oxygen atoms in total. The molecule has 2 N–H and O–H groups in total. The summed E-state index contributed by atoms with van der Waals surface area (Å²) in [6.45, 7) is 0.0642. The molecule has 0 atom stereocenters. The zero-order valence-electron chi connectivity index (χ0n) is 9.34. The van der Waals surface area contributed by atoms with E-state index in [4.69, 9.17) is 6.42 Å². The molecule has 0 fully saturated rings. The minimum absolute atomic E-state index is 0.000322. The largest absolute Gasteiger partial charge is 0.416 e. The third-order valence-electron chi connectivity index (χ3n) is 2.06. The molecule has 18 heavy (non-hydrogen) atoms. The first-order chi connectivity index (χ1) is 8.43. The standard InChI is InChI=1S/C12H11F3N2O/c1-2-6-16-11(18)17-8-9-4-3-5-10(7-9)12(13,14)15/h1,3-5,7H,6,8H2,(H2,16,17,18). The summed E-state index contributed by atoms with van der Waals surface area (Å²) in [6.07, 6.45) is 0.547. The fourth-order valence-electron chi connectivity index (χ4n) is 1.23. The molecule has 0 saturated carbocycles. The Bertz CT molecular complexity index is 463. The van der Waals surface area contributed by atoms with Gasteiger partial charge in [-0.25, -0.2) is 4.79 Å². The van der Waals surface area contributed by atoms with Crippen molar-refractivity contribution in [3.05, 3.63) is 35.4 Å². The van der Waals surface area contributed by atoms with Gasteiger partial charge in [-0.2, -0.15) is 13.2 Å². The van der Waals surface area contributed by atoms with Crippen LogP contribution in [0.1, 0.15) is 11.1 Å². The van der Waals surface area contributed by atoms with Crippen LogP contribution in [0, 0.1) is 12.3 Å². The highest BCUT2D eigenvalue weighted by Crippen LogP contribution is 2.29. The molecule has 1 aromatic rings. The highest BCUT2D eigenvalue weighted by molar-refractivity contribution is 5.74. The van der Waals surface area contributed by atoms with E-state index in [1.165, 1.54) is 12.1 Å². The Kier molecular flexibility index (Phi) is 4.60. The van der Waals surface area contributed by atoms with Gasteiger partial charge >= 0.3 is 12.2 Å². The fraction of sp³-hybridized carbons (Fsp3) is 0.250. The number of benzene rings is 1. The second kappa shape index (κ2) is 5.96. The van der Waals surface area contributed by atoms with Gasteiger partial charge in [0.05, 0.1) is 12.1 Å². The average Bonchev–Trinajstić information content (AvgIpc) is 2.33. The lowest BCUT2D eigenvalue weighted by atomic mass is 10.1. The van der Waals surface area contributed by atoms with Crippen LogP contribution in [0.3, 0.4) is 0 Å². The number of alkyl halides is 3. The summed E-state index contributed by atoms with van der Waals surface area (Å²) >= 11 is 0. The summed E-state index contributed by atoms with van der Waals surface area (Å²) in [5.41, 5.74) is -0.383. The molecule has 6 heteroatoms. The third-order valence-corrected chi connectivity index (χ3v) is 2.06. The Morgan fingerprint density at radius 3 is 2.67 bits per heavy atom. The molecular formula is C12H11F3N2O. The van der Waals surface area contributed by atoms with Crippen LogP contribution >= 0.6 is 0 Å². The minimum atomic E-state index is -4.39. The molecule has 96 valence electrons. The number of amides is 2. The Morgan fingerprint density at radius 1 is 1.33 bits per heavy atom. The first-order valence-corrected chi connectivity index (χ1v) is 5.05. The second-order valence-electron chi connectivity index (χ2n) is 3.44. The molecule has 2 amide bonds. The molecule has 0 heterocycles. The number of hydrogen-bond acceptors (Lipinski definition) is 1. The number of nitrogens with one attached hydrogen (secondary N) is 2. The van der Waals surface area contributed by atoms with Gasteiger partial charge in [-0.3, -0.25) is 0 Å². The Labute approximate surface area is 102 Å². The SMILES string of the molecule is C#CCNC(=O)NCc1cccc(C(F)(F)F)c1. The molecule has 0 unspecified atom stereocenters. The Morgan fingerprint density at radius 2 is 2.06 bits per heavy atom. The highest BCUT2D eigenvalue weighted by Gasteiger charge is 2.30. The van der Waals surface area contributed by atoms with E-state index in [9.17, 15) is 18.0 Å². The number of halogens is 3. The van der Waals surface area contributed by atoms with Crippen molar-refractivity contribution in [3.63, 3.8) is 0 Å². The van der Waals surface area contributed by atoms with E-state index >= 15 is 0 Å². The van der Waals surface area contributed by atoms with Crippen LogP contribution in [-0.4, -0.2) is 12.6 Å². The van der Waals surface area contributed by atoms with Crippen LogP contribution < -0.4 is 10.6 Å². The quantitative estimate of drug-likeness (QED) is 0.799. The first kappa shape index (κ1) is 13.9. The third kappa shape index (κ3) is 4.37. The Hall–Kier alpha value is -2.16.